The summed E-state index contributed by atoms with van der Waals surface area (Å²) in [5.41, 5.74) is 0. The van der Waals surface area contributed by atoms with Crippen LogP contribution in [0, 0.1) is 0 Å². The second-order valence-corrected chi connectivity index (χ2v) is 8.94. The van der Waals surface area contributed by atoms with Gasteiger partial charge in [-0.2, -0.15) is 0 Å². The zero-order valence-corrected chi connectivity index (χ0v) is 19.5. The number of carbonyl (C=O) groups excluding carboxylic acids is 1. The fourth-order valence-electron chi connectivity index (χ4n) is 4.21. The Labute approximate surface area is 205 Å². The van der Waals surface area contributed by atoms with Crippen LogP contribution in [0.2, 0.25) is 0 Å². The van der Waals surface area contributed by atoms with Crippen molar-refractivity contribution in [2.24, 2.45) is 0 Å². The van der Waals surface area contributed by atoms with Crippen LogP contribution in [0.25, 0.3) is 0 Å². The first-order valence-corrected chi connectivity index (χ1v) is 11.3. The summed E-state index contributed by atoms with van der Waals surface area (Å²) in [7, 11) is 0. The van der Waals surface area contributed by atoms with Crippen molar-refractivity contribution >= 4 is 5.97 Å². The molecule has 3 aliphatic rings. The lowest BCUT2D eigenvalue weighted by atomic mass is 9.97. The van der Waals surface area contributed by atoms with E-state index >= 15 is 0 Å². The van der Waals surface area contributed by atoms with Crippen LogP contribution in [-0.4, -0.2) is 157 Å². The number of hydrogen-bond acceptors (Lipinski definition) is 16. The van der Waals surface area contributed by atoms with E-state index in [-0.39, 0.29) is 0 Å². The van der Waals surface area contributed by atoms with Gasteiger partial charge in [0.25, 0.3) is 0 Å². The molecule has 0 aromatic heterocycles. The van der Waals surface area contributed by atoms with E-state index in [1.165, 1.54) is 6.92 Å². The average Bonchev–Trinajstić information content (AvgIpc) is 2.83. The highest BCUT2D eigenvalue weighted by molar-refractivity contribution is 5.66. The van der Waals surface area contributed by atoms with Gasteiger partial charge in [-0.1, -0.05) is 0 Å². The van der Waals surface area contributed by atoms with Crippen LogP contribution < -0.4 is 0 Å². The largest absolute Gasteiger partial charge is 0.457 e. The van der Waals surface area contributed by atoms with Crippen molar-refractivity contribution in [1.29, 1.82) is 0 Å². The van der Waals surface area contributed by atoms with Crippen molar-refractivity contribution in [3.05, 3.63) is 0 Å². The Kier molecular flexibility index (Phi) is 9.97. The molecule has 3 rings (SSSR count). The van der Waals surface area contributed by atoms with Crippen molar-refractivity contribution in [2.45, 2.75) is 106 Å². The molecule has 36 heavy (non-hydrogen) atoms. The number of esters is 1. The molecule has 3 aliphatic heterocycles. The molecule has 0 radical (unpaired) electrons. The first-order valence-electron chi connectivity index (χ1n) is 11.3. The van der Waals surface area contributed by atoms with E-state index in [0.717, 1.165) is 6.92 Å². The monoisotopic (exact) mass is 530 g/mol. The molecule has 0 unspecified atom stereocenters. The van der Waals surface area contributed by atoms with Gasteiger partial charge in [-0.05, 0) is 6.92 Å². The summed E-state index contributed by atoms with van der Waals surface area (Å²) in [6, 6.07) is 0. The SMILES string of the molecule is CC(=O)O[C@@H]1[C@@H](O)[C@H](C)O[C@@H](O[C@H]2[C@H](O)[C@@H](O)[C@H](OC[C@H]3O[C@@H](O)[C@H](O)[C@@H](O)[C@@H]3O)O[C@@H]2CO)[C@@H]1O. The molecule has 15 atom stereocenters. The van der Waals surface area contributed by atoms with Crippen LogP contribution in [0.15, 0.2) is 0 Å². The molecule has 16 nitrogen and oxygen atoms in total. The van der Waals surface area contributed by atoms with Gasteiger partial charge in [0.15, 0.2) is 25.0 Å². The third kappa shape index (κ3) is 6.13. The number of ether oxygens (including phenoxy) is 6. The van der Waals surface area contributed by atoms with E-state index in [4.69, 9.17) is 28.4 Å². The minimum atomic E-state index is -1.82. The summed E-state index contributed by atoms with van der Waals surface area (Å²) in [5.74, 6) is -0.780. The predicted molar refractivity (Wildman–Crippen MR) is 109 cm³/mol. The summed E-state index contributed by atoms with van der Waals surface area (Å²) in [6.45, 7) is 1.18. The highest BCUT2D eigenvalue weighted by Gasteiger charge is 2.52. The zero-order valence-electron chi connectivity index (χ0n) is 19.5. The Bertz CT molecular complexity index is 724. The summed E-state index contributed by atoms with van der Waals surface area (Å²) in [4.78, 5) is 11.4. The van der Waals surface area contributed by atoms with E-state index in [0.29, 0.717) is 0 Å². The minimum Gasteiger partial charge on any atom is -0.457 e. The van der Waals surface area contributed by atoms with Crippen molar-refractivity contribution in [2.75, 3.05) is 13.2 Å². The Balaban J connectivity index is 1.64. The molecule has 0 spiro atoms. The second kappa shape index (κ2) is 12.2. The van der Waals surface area contributed by atoms with Crippen LogP contribution >= 0.6 is 0 Å². The first kappa shape index (κ1) is 29.5. The zero-order chi connectivity index (χ0) is 26.9. The molecule has 0 aromatic rings. The summed E-state index contributed by atoms with van der Waals surface area (Å²) in [5, 5.41) is 90.6. The fourth-order valence-corrected chi connectivity index (χ4v) is 4.21. The van der Waals surface area contributed by atoms with Gasteiger partial charge in [0.05, 0.1) is 19.3 Å². The van der Waals surface area contributed by atoms with Crippen LogP contribution in [0.3, 0.4) is 0 Å². The molecule has 3 fully saturated rings. The molecule has 3 heterocycles. The van der Waals surface area contributed by atoms with Gasteiger partial charge in [-0.15, -0.1) is 0 Å². The molecule has 0 saturated carbocycles. The quantitative estimate of drug-likeness (QED) is 0.139. The average molecular weight is 530 g/mol. The first-order chi connectivity index (χ1) is 16.9. The Hall–Kier alpha value is -1.09. The smallest absolute Gasteiger partial charge is 0.303 e. The van der Waals surface area contributed by atoms with Gasteiger partial charge in [-0.3, -0.25) is 4.79 Å². The topological polar surface area (TPSA) is 255 Å². The maximum Gasteiger partial charge on any atom is 0.303 e. The molecule has 16 heteroatoms. The van der Waals surface area contributed by atoms with Crippen LogP contribution in [-0.2, 0) is 33.2 Å². The van der Waals surface area contributed by atoms with Crippen molar-refractivity contribution < 1.29 is 79.2 Å². The van der Waals surface area contributed by atoms with E-state index < -0.39 is 111 Å². The van der Waals surface area contributed by atoms with Crippen molar-refractivity contribution in [3.63, 3.8) is 0 Å². The maximum atomic E-state index is 11.4. The van der Waals surface area contributed by atoms with Gasteiger partial charge in [-0.25, -0.2) is 0 Å². The second-order valence-electron chi connectivity index (χ2n) is 8.94. The van der Waals surface area contributed by atoms with E-state index in [2.05, 4.69) is 0 Å². The number of hydrogen-bond donors (Lipinski definition) is 9. The highest BCUT2D eigenvalue weighted by atomic mass is 16.7. The Morgan fingerprint density at radius 2 is 1.39 bits per heavy atom. The molecule has 9 N–H and O–H groups in total. The number of rotatable bonds is 7. The van der Waals surface area contributed by atoms with Gasteiger partial charge < -0.3 is 74.4 Å². The normalized spacial score (nSPS) is 50.0. The molecular weight excluding hydrogens is 496 g/mol. The summed E-state index contributed by atoms with van der Waals surface area (Å²) in [6.07, 6.45) is -23.4. The third-order valence-corrected chi connectivity index (χ3v) is 6.31. The van der Waals surface area contributed by atoms with E-state index in [9.17, 15) is 50.8 Å². The molecule has 0 bridgehead atoms. The standard InChI is InChI=1S/C20H34O16/c1-5-9(23)17(33-6(2)22)15(29)20(32-5)36-16-7(3-21)35-19(14(28)12(16)26)31-4-8-10(24)11(25)13(27)18(30)34-8/h5,7-21,23-30H,3-4H2,1-2H3/t5-,7+,8+,9-,10+,11-,12+,13+,14+,15+,16+,17+,18+,19+,20-/m0/s1. The number of aliphatic hydroxyl groups excluding tert-OH is 9. The predicted octanol–water partition coefficient (Wildman–Crippen LogP) is -5.97. The van der Waals surface area contributed by atoms with Gasteiger partial charge in [0, 0.05) is 6.92 Å². The fraction of sp³-hybridized carbons (Fsp3) is 0.950. The lowest BCUT2D eigenvalue weighted by Crippen LogP contribution is -2.65. The number of aliphatic hydroxyl groups is 9. The lowest BCUT2D eigenvalue weighted by Gasteiger charge is -2.46. The molecule has 0 aromatic carbocycles. The Morgan fingerprint density at radius 1 is 0.722 bits per heavy atom. The lowest BCUT2D eigenvalue weighted by molar-refractivity contribution is -0.361. The van der Waals surface area contributed by atoms with Gasteiger partial charge >= 0.3 is 5.97 Å². The summed E-state index contributed by atoms with van der Waals surface area (Å²) >= 11 is 0. The van der Waals surface area contributed by atoms with Crippen LogP contribution in [0.1, 0.15) is 13.8 Å². The van der Waals surface area contributed by atoms with Crippen molar-refractivity contribution in [1.82, 2.24) is 0 Å². The van der Waals surface area contributed by atoms with Crippen molar-refractivity contribution in [3.8, 4) is 0 Å². The van der Waals surface area contributed by atoms with E-state index in [1.807, 2.05) is 0 Å². The van der Waals surface area contributed by atoms with E-state index in [1.54, 1.807) is 0 Å². The minimum absolute atomic E-state index is 0.565. The maximum absolute atomic E-state index is 11.4. The highest BCUT2D eigenvalue weighted by Crippen LogP contribution is 2.31. The molecule has 210 valence electrons. The molecule has 0 aliphatic carbocycles. The summed E-state index contributed by atoms with van der Waals surface area (Å²) < 4.78 is 31.7. The number of carbonyl (C=O) groups is 1. The Morgan fingerprint density at radius 3 is 2.00 bits per heavy atom. The van der Waals surface area contributed by atoms with Gasteiger partial charge in [0.1, 0.15) is 61.0 Å². The van der Waals surface area contributed by atoms with Crippen LogP contribution in [0.4, 0.5) is 0 Å². The van der Waals surface area contributed by atoms with Crippen LogP contribution in [0.5, 0.6) is 0 Å². The third-order valence-electron chi connectivity index (χ3n) is 6.31. The molecular formula is C20H34O16. The molecule has 0 amide bonds. The van der Waals surface area contributed by atoms with Gasteiger partial charge in [0.2, 0.25) is 0 Å². The molecule has 3 saturated heterocycles.